The van der Waals surface area contributed by atoms with E-state index in [4.69, 9.17) is 5.10 Å². The van der Waals surface area contributed by atoms with E-state index in [1.807, 2.05) is 0 Å². The van der Waals surface area contributed by atoms with Crippen molar-refractivity contribution >= 4 is 11.7 Å². The van der Waals surface area contributed by atoms with Gasteiger partial charge in [-0.25, -0.2) is 9.80 Å². The molecule has 30 heavy (non-hydrogen) atoms. The van der Waals surface area contributed by atoms with Crippen molar-refractivity contribution in [3.05, 3.63) is 35.9 Å². The van der Waals surface area contributed by atoms with E-state index in [1.54, 1.807) is 5.01 Å². The normalized spacial score (nSPS) is 36.1. The van der Waals surface area contributed by atoms with Crippen LogP contribution in [0.5, 0.6) is 0 Å². The van der Waals surface area contributed by atoms with Gasteiger partial charge < -0.3 is 5.32 Å². The topological polar surface area (TPSA) is 44.7 Å². The summed E-state index contributed by atoms with van der Waals surface area (Å²) in [6, 6.07) is 10.7. The molecule has 4 bridgehead atoms. The average molecular weight is 408 g/mol. The summed E-state index contributed by atoms with van der Waals surface area (Å²) in [5, 5.41) is 10.3. The molecule has 4 fully saturated rings. The molecule has 4 heteroatoms. The van der Waals surface area contributed by atoms with Crippen molar-refractivity contribution in [3.8, 4) is 0 Å². The molecular weight excluding hydrogens is 370 g/mol. The maximum absolute atomic E-state index is 13.6. The second-order valence-electron chi connectivity index (χ2n) is 11.1. The summed E-state index contributed by atoms with van der Waals surface area (Å²) in [6.45, 7) is 6.59. The fourth-order valence-electron chi connectivity index (χ4n) is 7.49. The second kappa shape index (κ2) is 7.39. The van der Waals surface area contributed by atoms with E-state index >= 15 is 0 Å². The minimum atomic E-state index is -0.364. The van der Waals surface area contributed by atoms with Gasteiger partial charge in [0.2, 0.25) is 0 Å². The maximum Gasteiger partial charge on any atom is 0.338 e. The number of unbranched alkanes of at least 4 members (excludes halogenated alkanes) is 1. The van der Waals surface area contributed by atoms with Crippen LogP contribution in [0.3, 0.4) is 0 Å². The zero-order chi connectivity index (χ0) is 20.9. The van der Waals surface area contributed by atoms with Gasteiger partial charge in [0.15, 0.2) is 0 Å². The van der Waals surface area contributed by atoms with Crippen molar-refractivity contribution in [1.82, 2.24) is 10.3 Å². The smallest absolute Gasteiger partial charge is 0.331 e. The van der Waals surface area contributed by atoms with Crippen LogP contribution in [0, 0.1) is 17.8 Å². The first-order valence-electron chi connectivity index (χ1n) is 12.1. The van der Waals surface area contributed by atoms with Crippen LogP contribution >= 0.6 is 0 Å². The monoisotopic (exact) mass is 407 g/mol. The molecule has 1 N–H and O–H groups in total. The molecule has 0 aromatic heterocycles. The van der Waals surface area contributed by atoms with Gasteiger partial charge >= 0.3 is 6.03 Å². The third kappa shape index (κ3) is 3.36. The number of nitrogens with one attached hydrogen (secondary N) is 1. The summed E-state index contributed by atoms with van der Waals surface area (Å²) in [4.78, 5) is 13.6. The zero-order valence-corrected chi connectivity index (χ0v) is 18.9. The van der Waals surface area contributed by atoms with Crippen LogP contribution in [-0.2, 0) is 0 Å². The Morgan fingerprint density at radius 3 is 2.23 bits per heavy atom. The van der Waals surface area contributed by atoms with Crippen LogP contribution in [0.2, 0.25) is 0 Å². The molecule has 1 heterocycles. The van der Waals surface area contributed by atoms with Crippen molar-refractivity contribution < 1.29 is 4.79 Å². The molecule has 2 amide bonds. The van der Waals surface area contributed by atoms with E-state index < -0.39 is 0 Å². The van der Waals surface area contributed by atoms with Gasteiger partial charge in [-0.1, -0.05) is 43.7 Å². The first kappa shape index (κ1) is 20.1. The third-order valence-corrected chi connectivity index (χ3v) is 8.34. The van der Waals surface area contributed by atoms with E-state index in [9.17, 15) is 4.79 Å². The van der Waals surface area contributed by atoms with E-state index in [-0.39, 0.29) is 23.0 Å². The summed E-state index contributed by atoms with van der Waals surface area (Å²) in [5.74, 6) is 2.63. The van der Waals surface area contributed by atoms with Gasteiger partial charge in [0, 0.05) is 17.2 Å². The molecular formula is C26H37N3O. The highest BCUT2D eigenvalue weighted by Gasteiger charge is 2.54. The maximum atomic E-state index is 13.6. The molecule has 0 spiro atoms. The lowest BCUT2D eigenvalue weighted by Crippen LogP contribution is -2.62. The van der Waals surface area contributed by atoms with Crippen molar-refractivity contribution in [2.75, 3.05) is 0 Å². The van der Waals surface area contributed by atoms with Crippen molar-refractivity contribution in [2.24, 2.45) is 22.9 Å². The van der Waals surface area contributed by atoms with E-state index in [0.717, 1.165) is 42.7 Å². The first-order valence-corrected chi connectivity index (χ1v) is 12.1. The van der Waals surface area contributed by atoms with Gasteiger partial charge in [-0.2, -0.15) is 5.10 Å². The lowest BCUT2D eigenvalue weighted by molar-refractivity contribution is -0.0172. The Morgan fingerprint density at radius 1 is 1.07 bits per heavy atom. The van der Waals surface area contributed by atoms with Gasteiger partial charge in [-0.05, 0) is 88.5 Å². The molecule has 1 aromatic carbocycles. The van der Waals surface area contributed by atoms with Gasteiger partial charge in [-0.15, -0.1) is 0 Å². The number of benzene rings is 1. The van der Waals surface area contributed by atoms with Gasteiger partial charge in [0.25, 0.3) is 0 Å². The summed E-state index contributed by atoms with van der Waals surface area (Å²) in [6.07, 6.45) is 10.9. The number of urea groups is 1. The van der Waals surface area contributed by atoms with Crippen LogP contribution in [0.4, 0.5) is 4.79 Å². The predicted molar refractivity (Wildman–Crippen MR) is 121 cm³/mol. The largest absolute Gasteiger partial charge is 0.338 e. The zero-order valence-electron chi connectivity index (χ0n) is 18.9. The molecule has 1 atom stereocenters. The number of hydrogen-bond donors (Lipinski definition) is 1. The molecule has 4 saturated carbocycles. The van der Waals surface area contributed by atoms with Gasteiger partial charge in [0.05, 0.1) is 5.54 Å². The van der Waals surface area contributed by atoms with Crippen molar-refractivity contribution in [3.63, 3.8) is 0 Å². The van der Waals surface area contributed by atoms with Crippen LogP contribution in [0.15, 0.2) is 35.4 Å². The van der Waals surface area contributed by atoms with Crippen molar-refractivity contribution in [2.45, 2.75) is 95.6 Å². The Balaban J connectivity index is 1.40. The predicted octanol–water partition coefficient (Wildman–Crippen LogP) is 6.09. The number of nitrogens with zero attached hydrogens (tertiary/aromatic N) is 2. The first-order chi connectivity index (χ1) is 14.4. The lowest BCUT2D eigenvalue weighted by Gasteiger charge is -2.57. The summed E-state index contributed by atoms with van der Waals surface area (Å²) < 4.78 is 0. The van der Waals surface area contributed by atoms with Crippen LogP contribution in [-0.4, -0.2) is 27.8 Å². The summed E-state index contributed by atoms with van der Waals surface area (Å²) in [5.41, 5.74) is 2.08. The number of carbonyl (C=O) groups is 1. The average Bonchev–Trinajstić information content (AvgIpc) is 2.96. The number of hydrogen-bond acceptors (Lipinski definition) is 2. The number of hydrazone groups is 1. The quantitative estimate of drug-likeness (QED) is 0.631. The van der Waals surface area contributed by atoms with Gasteiger partial charge in [-0.3, -0.25) is 0 Å². The van der Waals surface area contributed by atoms with E-state index in [0.29, 0.717) is 0 Å². The van der Waals surface area contributed by atoms with Crippen LogP contribution in [0.1, 0.15) is 90.0 Å². The molecule has 4 nitrogen and oxygen atoms in total. The SMILES string of the molecule is CCCCC1=NN(C(=O)NC23CC4CC(CC(C4)C2)C3)C(C)(C)C1c1ccccc1. The van der Waals surface area contributed by atoms with Gasteiger partial charge in [0.1, 0.15) is 0 Å². The van der Waals surface area contributed by atoms with Crippen molar-refractivity contribution in [1.29, 1.82) is 0 Å². The van der Waals surface area contributed by atoms with Crippen LogP contribution in [0.25, 0.3) is 0 Å². The number of amides is 2. The molecule has 1 aromatic rings. The Morgan fingerprint density at radius 2 is 1.67 bits per heavy atom. The Hall–Kier alpha value is -1.84. The number of carbonyl (C=O) groups excluding carboxylic acids is 1. The molecule has 1 unspecified atom stereocenters. The molecule has 0 saturated heterocycles. The molecule has 4 aliphatic carbocycles. The lowest BCUT2D eigenvalue weighted by atomic mass is 9.53. The third-order valence-electron chi connectivity index (χ3n) is 8.34. The summed E-state index contributed by atoms with van der Waals surface area (Å²) >= 11 is 0. The Bertz CT molecular complexity index is 793. The highest BCUT2D eigenvalue weighted by Crippen LogP contribution is 2.56. The standard InChI is InChI=1S/C26H37N3O/c1-4-5-11-22-23(21-9-7-6-8-10-21)25(2,3)29(28-22)24(30)27-26-15-18-12-19(16-26)14-20(13-18)17-26/h6-10,18-20,23H,4-5,11-17H2,1-3H3,(H,27,30). The molecule has 0 radical (unpaired) electrons. The van der Waals surface area contributed by atoms with Crippen LogP contribution < -0.4 is 5.32 Å². The minimum Gasteiger partial charge on any atom is -0.331 e. The molecule has 1 aliphatic heterocycles. The summed E-state index contributed by atoms with van der Waals surface area (Å²) in [7, 11) is 0. The molecule has 6 rings (SSSR count). The highest BCUT2D eigenvalue weighted by molar-refractivity contribution is 5.96. The second-order valence-corrected chi connectivity index (χ2v) is 11.1. The Labute approximate surface area is 181 Å². The Kier molecular flexibility index (Phi) is 4.95. The minimum absolute atomic E-state index is 0.0197. The molecule has 162 valence electrons. The fourth-order valence-corrected chi connectivity index (χ4v) is 7.49. The van der Waals surface area contributed by atoms with E-state index in [2.05, 4.69) is 56.4 Å². The fraction of sp³-hybridized carbons (Fsp3) is 0.692. The number of rotatable bonds is 5. The molecule has 5 aliphatic rings. The highest BCUT2D eigenvalue weighted by atomic mass is 16.2. The van der Waals surface area contributed by atoms with E-state index in [1.165, 1.54) is 44.1 Å².